The van der Waals surface area contributed by atoms with E-state index in [0.29, 0.717) is 15.1 Å². The third-order valence-corrected chi connectivity index (χ3v) is 4.67. The van der Waals surface area contributed by atoms with Gasteiger partial charge in [-0.05, 0) is 51.8 Å². The number of carbonyl (C=O) groups is 1. The number of nitrogens with zero attached hydrogens (tertiary/aromatic N) is 1. The van der Waals surface area contributed by atoms with Gasteiger partial charge in [-0.3, -0.25) is 4.79 Å². The van der Waals surface area contributed by atoms with Gasteiger partial charge in [-0.2, -0.15) is 0 Å². The Morgan fingerprint density at radius 3 is 2.52 bits per heavy atom. The second-order valence-corrected chi connectivity index (χ2v) is 6.37. The molecule has 0 bridgehead atoms. The summed E-state index contributed by atoms with van der Waals surface area (Å²) in [5, 5.41) is 10.8. The number of hydrogen-bond acceptors (Lipinski definition) is 3. The maximum absolute atomic E-state index is 12.4. The smallest absolute Gasteiger partial charge is 0.253 e. The number of hydrogen-bond donors (Lipinski definition) is 1. The Bertz CT molecular complexity index is 691. The van der Waals surface area contributed by atoms with Crippen LogP contribution in [0.15, 0.2) is 46.9 Å². The molecule has 23 heavy (non-hydrogen) atoms. The van der Waals surface area contributed by atoms with Crippen LogP contribution in [0.3, 0.4) is 0 Å². The number of ether oxygens (including phenoxy) is 1. The number of carbonyl (C=O) groups excluding carboxylic acids is 1. The molecule has 2 rings (SSSR count). The molecule has 0 aliphatic rings. The van der Waals surface area contributed by atoms with Crippen molar-refractivity contribution in [2.75, 3.05) is 20.7 Å². The van der Waals surface area contributed by atoms with Crippen LogP contribution in [-0.2, 0) is 0 Å². The maximum atomic E-state index is 12.4. The zero-order valence-electron chi connectivity index (χ0n) is 12.8. The van der Waals surface area contributed by atoms with Crippen LogP contribution < -0.4 is 4.74 Å². The lowest BCUT2D eigenvalue weighted by Gasteiger charge is -2.21. The van der Waals surface area contributed by atoms with E-state index in [-0.39, 0.29) is 12.5 Å². The molecule has 0 spiro atoms. The highest BCUT2D eigenvalue weighted by Crippen LogP contribution is 2.24. The molecule has 1 unspecified atom stereocenters. The quantitative estimate of drug-likeness (QED) is 0.830. The largest absolute Gasteiger partial charge is 0.497 e. The lowest BCUT2D eigenvalue weighted by atomic mass is 10.1. The lowest BCUT2D eigenvalue weighted by Crippen LogP contribution is -2.31. The molecule has 2 aromatic carbocycles. The summed E-state index contributed by atoms with van der Waals surface area (Å²) in [5.41, 5.74) is 1.23. The summed E-state index contributed by atoms with van der Waals surface area (Å²) in [6, 6.07) is 12.1. The van der Waals surface area contributed by atoms with Crippen LogP contribution in [-0.4, -0.2) is 36.6 Å². The van der Waals surface area contributed by atoms with Gasteiger partial charge < -0.3 is 14.7 Å². The molecule has 0 saturated carbocycles. The SMILES string of the molecule is COc1ccc(C(O)CN(C)C(=O)c2ccc(Cl)c(Br)c2)cc1. The predicted octanol–water partition coefficient (Wildman–Crippen LogP) is 3.92. The Kier molecular flexibility index (Phi) is 6.04. The zero-order chi connectivity index (χ0) is 17.0. The summed E-state index contributed by atoms with van der Waals surface area (Å²) in [7, 11) is 3.24. The minimum atomic E-state index is -0.773. The average Bonchev–Trinajstić information content (AvgIpc) is 2.56. The van der Waals surface area contributed by atoms with Crippen LogP contribution in [0.1, 0.15) is 22.0 Å². The number of aliphatic hydroxyl groups is 1. The molecular weight excluding hydrogens is 382 g/mol. The molecule has 0 aliphatic heterocycles. The van der Waals surface area contributed by atoms with E-state index in [9.17, 15) is 9.90 Å². The highest BCUT2D eigenvalue weighted by Gasteiger charge is 2.17. The van der Waals surface area contributed by atoms with Crippen molar-refractivity contribution in [1.29, 1.82) is 0 Å². The van der Waals surface area contributed by atoms with E-state index in [1.807, 2.05) is 0 Å². The first-order valence-corrected chi connectivity index (χ1v) is 8.12. The summed E-state index contributed by atoms with van der Waals surface area (Å²) < 4.78 is 5.75. The first-order chi connectivity index (χ1) is 10.9. The molecule has 1 atom stereocenters. The minimum absolute atomic E-state index is 0.185. The van der Waals surface area contributed by atoms with Crippen LogP contribution in [0.5, 0.6) is 5.75 Å². The van der Waals surface area contributed by atoms with Crippen molar-refractivity contribution < 1.29 is 14.6 Å². The van der Waals surface area contributed by atoms with Gasteiger partial charge in [0.05, 0.1) is 24.8 Å². The molecule has 0 heterocycles. The van der Waals surface area contributed by atoms with Gasteiger partial charge in [0, 0.05) is 17.1 Å². The third kappa shape index (κ3) is 4.47. The molecule has 4 nitrogen and oxygen atoms in total. The van der Waals surface area contributed by atoms with Crippen LogP contribution in [0.2, 0.25) is 5.02 Å². The van der Waals surface area contributed by atoms with E-state index in [2.05, 4.69) is 15.9 Å². The topological polar surface area (TPSA) is 49.8 Å². The van der Waals surface area contributed by atoms with Gasteiger partial charge in [0.1, 0.15) is 5.75 Å². The maximum Gasteiger partial charge on any atom is 0.253 e. The van der Waals surface area contributed by atoms with E-state index in [4.69, 9.17) is 16.3 Å². The summed E-state index contributed by atoms with van der Waals surface area (Å²) in [6.07, 6.45) is -0.773. The summed E-state index contributed by atoms with van der Waals surface area (Å²) >= 11 is 9.23. The molecule has 0 aliphatic carbocycles. The fourth-order valence-corrected chi connectivity index (χ4v) is 2.62. The van der Waals surface area contributed by atoms with Crippen molar-refractivity contribution >= 4 is 33.4 Å². The molecule has 0 saturated heterocycles. The van der Waals surface area contributed by atoms with Gasteiger partial charge in [0.15, 0.2) is 0 Å². The van der Waals surface area contributed by atoms with Gasteiger partial charge in [0.2, 0.25) is 0 Å². The monoisotopic (exact) mass is 397 g/mol. The van der Waals surface area contributed by atoms with E-state index in [0.717, 1.165) is 11.3 Å². The number of halogens is 2. The second-order valence-electron chi connectivity index (χ2n) is 5.10. The Labute approximate surface area is 148 Å². The van der Waals surface area contributed by atoms with E-state index >= 15 is 0 Å². The summed E-state index contributed by atoms with van der Waals surface area (Å²) in [6.45, 7) is 0.186. The Morgan fingerprint density at radius 2 is 1.96 bits per heavy atom. The first kappa shape index (κ1) is 17.8. The van der Waals surface area contributed by atoms with E-state index < -0.39 is 6.10 Å². The van der Waals surface area contributed by atoms with E-state index in [1.165, 1.54) is 4.90 Å². The van der Waals surface area contributed by atoms with Crippen LogP contribution in [0.4, 0.5) is 0 Å². The molecule has 1 N–H and O–H groups in total. The van der Waals surface area contributed by atoms with Gasteiger partial charge in [0.25, 0.3) is 5.91 Å². The number of methoxy groups -OCH3 is 1. The van der Waals surface area contributed by atoms with Crippen molar-refractivity contribution in [3.63, 3.8) is 0 Å². The predicted molar refractivity (Wildman–Crippen MR) is 94.1 cm³/mol. The first-order valence-electron chi connectivity index (χ1n) is 6.95. The van der Waals surface area contributed by atoms with Crippen LogP contribution in [0, 0.1) is 0 Å². The zero-order valence-corrected chi connectivity index (χ0v) is 15.1. The third-order valence-electron chi connectivity index (χ3n) is 3.46. The number of rotatable bonds is 5. The van der Waals surface area contributed by atoms with Crippen LogP contribution >= 0.6 is 27.5 Å². The van der Waals surface area contributed by atoms with Crippen molar-refractivity contribution in [2.24, 2.45) is 0 Å². The highest BCUT2D eigenvalue weighted by molar-refractivity contribution is 9.10. The van der Waals surface area contributed by atoms with Crippen molar-refractivity contribution in [1.82, 2.24) is 4.90 Å². The lowest BCUT2D eigenvalue weighted by molar-refractivity contribution is 0.0681. The second kappa shape index (κ2) is 7.81. The van der Waals surface area contributed by atoms with Crippen LogP contribution in [0.25, 0.3) is 0 Å². The van der Waals surface area contributed by atoms with Crippen molar-refractivity contribution in [2.45, 2.75) is 6.10 Å². The van der Waals surface area contributed by atoms with Gasteiger partial charge in [-0.15, -0.1) is 0 Å². The Morgan fingerprint density at radius 1 is 1.30 bits per heavy atom. The van der Waals surface area contributed by atoms with Gasteiger partial charge in [-0.25, -0.2) is 0 Å². The fraction of sp³-hybridized carbons (Fsp3) is 0.235. The normalized spacial score (nSPS) is 11.9. The molecular formula is C17H17BrClNO3. The molecule has 0 fully saturated rings. The molecule has 0 aromatic heterocycles. The van der Waals surface area contributed by atoms with E-state index in [1.54, 1.807) is 56.6 Å². The van der Waals surface area contributed by atoms with Crippen molar-refractivity contribution in [3.05, 3.63) is 63.1 Å². The number of likely N-dealkylation sites (N-methyl/N-ethyl adjacent to an activating group) is 1. The summed E-state index contributed by atoms with van der Waals surface area (Å²) in [4.78, 5) is 13.9. The highest BCUT2D eigenvalue weighted by atomic mass is 79.9. The fourth-order valence-electron chi connectivity index (χ4n) is 2.12. The summed E-state index contributed by atoms with van der Waals surface area (Å²) in [5.74, 6) is 0.534. The average molecular weight is 399 g/mol. The molecule has 2 aromatic rings. The number of amides is 1. The molecule has 1 amide bonds. The number of benzene rings is 2. The molecule has 122 valence electrons. The van der Waals surface area contributed by atoms with Crippen molar-refractivity contribution in [3.8, 4) is 5.75 Å². The van der Waals surface area contributed by atoms with Gasteiger partial charge >= 0.3 is 0 Å². The molecule has 0 radical (unpaired) electrons. The minimum Gasteiger partial charge on any atom is -0.497 e. The number of aliphatic hydroxyl groups excluding tert-OH is 1. The molecule has 6 heteroatoms. The standard InChI is InChI=1S/C17H17BrClNO3/c1-20(17(22)12-5-8-15(19)14(18)9-12)10-16(21)11-3-6-13(23-2)7-4-11/h3-9,16,21H,10H2,1-2H3. The Hall–Kier alpha value is -1.56. The Balaban J connectivity index is 2.05. The van der Waals surface area contributed by atoms with Gasteiger partial charge in [-0.1, -0.05) is 23.7 Å².